The van der Waals surface area contributed by atoms with Gasteiger partial charge < -0.3 is 0 Å². The Balaban J connectivity index is 0.943. The number of aromatic nitrogens is 7. The summed E-state index contributed by atoms with van der Waals surface area (Å²) in [6.45, 7) is 0. The monoisotopic (exact) mass is 931 g/mol. The van der Waals surface area contributed by atoms with E-state index in [1.54, 1.807) is 0 Å². The average molecular weight is 932 g/mol. The van der Waals surface area contributed by atoms with Gasteiger partial charge in [-0.25, -0.2) is 24.9 Å². The number of imidazole rings is 2. The van der Waals surface area contributed by atoms with Crippen LogP contribution in [0.5, 0.6) is 0 Å². The molecule has 0 aliphatic heterocycles. The van der Waals surface area contributed by atoms with E-state index in [0.29, 0.717) is 17.5 Å². The predicted molar refractivity (Wildman–Crippen MR) is 293 cm³/mol. The average Bonchev–Trinajstić information content (AvgIpc) is 4.30. The predicted octanol–water partition coefficient (Wildman–Crippen LogP) is 15.2. The van der Waals surface area contributed by atoms with Crippen LogP contribution < -0.4 is 0 Å². The minimum absolute atomic E-state index is 0.523. The van der Waals surface area contributed by atoms with Crippen LogP contribution >= 0.6 is 0 Å². The van der Waals surface area contributed by atoms with Crippen LogP contribution in [0.2, 0.25) is 0 Å². The Morgan fingerprint density at radius 2 is 0.630 bits per heavy atom. The van der Waals surface area contributed by atoms with E-state index in [-0.39, 0.29) is 0 Å². The van der Waals surface area contributed by atoms with Crippen molar-refractivity contribution in [3.63, 3.8) is 0 Å². The van der Waals surface area contributed by atoms with E-state index in [4.69, 9.17) is 24.9 Å². The van der Waals surface area contributed by atoms with Gasteiger partial charge in [0.1, 0.15) is 11.6 Å². The number of para-hydroxylation sites is 6. The number of nitrogens with zero attached hydrogens (tertiary/aromatic N) is 7. The van der Waals surface area contributed by atoms with Gasteiger partial charge in [0.15, 0.2) is 17.5 Å². The molecule has 13 aromatic rings. The second kappa shape index (κ2) is 16.1. The van der Waals surface area contributed by atoms with Gasteiger partial charge in [0.25, 0.3) is 0 Å². The summed E-state index contributed by atoms with van der Waals surface area (Å²) in [5.41, 5.74) is 20.0. The summed E-state index contributed by atoms with van der Waals surface area (Å²) in [5, 5.41) is 0. The highest BCUT2D eigenvalue weighted by Gasteiger charge is 2.51. The Morgan fingerprint density at radius 3 is 1.10 bits per heavy atom. The van der Waals surface area contributed by atoms with Crippen LogP contribution in [0.15, 0.2) is 249 Å². The van der Waals surface area contributed by atoms with Crippen molar-refractivity contribution in [3.05, 3.63) is 271 Å². The maximum atomic E-state index is 5.43. The number of fused-ring (bicyclic) bond motifs is 12. The lowest BCUT2D eigenvalue weighted by Gasteiger charge is -2.30. The van der Waals surface area contributed by atoms with Crippen molar-refractivity contribution >= 4 is 22.1 Å². The molecule has 0 fully saturated rings. The zero-order valence-corrected chi connectivity index (χ0v) is 39.3. The second-order valence-electron chi connectivity index (χ2n) is 18.8. The molecule has 0 amide bonds. The third-order valence-electron chi connectivity index (χ3n) is 14.8. The van der Waals surface area contributed by atoms with E-state index in [1.807, 2.05) is 24.3 Å². The highest BCUT2D eigenvalue weighted by Crippen LogP contribution is 2.63. The SMILES string of the molecule is c1ccc(-n2c(-c3cccc(-c4nc(-c5cccc(-c6nc7ccccc7n6-c6ccccc6)c5)nc(-c5ccc6c(c5)C5(c7ccccc7-c7ccccc75)c5ccccc5-6)n4)c3)nc3ccccc32)cc1. The van der Waals surface area contributed by atoms with Crippen molar-refractivity contribution in [3.8, 4) is 90.6 Å². The van der Waals surface area contributed by atoms with E-state index in [1.165, 1.54) is 44.5 Å². The summed E-state index contributed by atoms with van der Waals surface area (Å²) in [4.78, 5) is 26.7. The van der Waals surface area contributed by atoms with Crippen LogP contribution in [0.1, 0.15) is 22.3 Å². The Hall–Kier alpha value is -9.85. The third-order valence-corrected chi connectivity index (χ3v) is 14.8. The smallest absolute Gasteiger partial charge is 0.164 e. The molecule has 0 bridgehead atoms. The van der Waals surface area contributed by atoms with Gasteiger partial charge in [-0.1, -0.05) is 182 Å². The Bertz CT molecular complexity index is 4100. The second-order valence-corrected chi connectivity index (χ2v) is 18.8. The van der Waals surface area contributed by atoms with Crippen molar-refractivity contribution in [2.24, 2.45) is 0 Å². The molecule has 2 aliphatic rings. The van der Waals surface area contributed by atoms with Gasteiger partial charge >= 0.3 is 0 Å². The fourth-order valence-electron chi connectivity index (χ4n) is 11.7. The quantitative estimate of drug-likeness (QED) is 0.159. The third kappa shape index (κ3) is 6.22. The zero-order chi connectivity index (χ0) is 48.0. The van der Waals surface area contributed by atoms with Crippen molar-refractivity contribution < 1.29 is 0 Å². The molecule has 0 N–H and O–H groups in total. The molecule has 15 rings (SSSR count). The Kier molecular flexibility index (Phi) is 9.04. The molecular formula is C66H41N7. The maximum absolute atomic E-state index is 5.43. The molecule has 0 atom stereocenters. The Labute approximate surface area is 421 Å². The molecule has 0 saturated carbocycles. The standard InChI is InChI=1S/C66H41N7/c1-3-23-47(24-4-1)72-59-35-15-13-33-57(59)67-64(72)45-21-17-19-42(39-45)61-69-62(43-20-18-22-46(40-43)65-68-58-34-14-16-36-60(58)73(65)48-25-5-2-6-26-48)71-63(70-61)44-37-38-52-51-29-9-12-32-55(51)66(56(52)41-44)53-30-10-7-27-49(53)50-28-8-11-31-54(50)66/h1-41H. The molecule has 10 aromatic carbocycles. The normalized spacial score (nSPS) is 12.8. The molecule has 2 aliphatic carbocycles. The van der Waals surface area contributed by atoms with E-state index >= 15 is 0 Å². The first-order chi connectivity index (χ1) is 36.2. The molecular weight excluding hydrogens is 891 g/mol. The molecule has 7 heteroatoms. The molecule has 7 nitrogen and oxygen atoms in total. The molecule has 73 heavy (non-hydrogen) atoms. The van der Waals surface area contributed by atoms with Crippen LogP contribution in [-0.2, 0) is 5.41 Å². The van der Waals surface area contributed by atoms with Gasteiger partial charge in [-0.05, 0) is 111 Å². The number of rotatable bonds is 7. The van der Waals surface area contributed by atoms with E-state index in [2.05, 4.69) is 234 Å². The first-order valence-corrected chi connectivity index (χ1v) is 24.7. The van der Waals surface area contributed by atoms with Crippen LogP contribution in [0, 0.1) is 0 Å². The molecule has 1 spiro atoms. The van der Waals surface area contributed by atoms with Crippen LogP contribution in [-0.4, -0.2) is 34.1 Å². The van der Waals surface area contributed by atoms with E-state index in [9.17, 15) is 0 Å². The highest BCUT2D eigenvalue weighted by atomic mass is 15.1. The molecule has 3 aromatic heterocycles. The van der Waals surface area contributed by atoms with E-state index in [0.717, 1.165) is 72.9 Å². The molecule has 0 radical (unpaired) electrons. The molecule has 0 unspecified atom stereocenters. The van der Waals surface area contributed by atoms with Crippen molar-refractivity contribution in [2.75, 3.05) is 0 Å². The van der Waals surface area contributed by atoms with Crippen molar-refractivity contribution in [1.29, 1.82) is 0 Å². The fourth-order valence-corrected chi connectivity index (χ4v) is 11.7. The summed E-state index contributed by atoms with van der Waals surface area (Å²) in [5.74, 6) is 3.36. The summed E-state index contributed by atoms with van der Waals surface area (Å²) in [6.07, 6.45) is 0. The summed E-state index contributed by atoms with van der Waals surface area (Å²) >= 11 is 0. The van der Waals surface area contributed by atoms with Crippen LogP contribution in [0.3, 0.4) is 0 Å². The molecule has 0 saturated heterocycles. The lowest BCUT2D eigenvalue weighted by molar-refractivity contribution is 0.794. The largest absolute Gasteiger partial charge is 0.292 e. The van der Waals surface area contributed by atoms with Gasteiger partial charge in [0.2, 0.25) is 0 Å². The number of hydrogen-bond donors (Lipinski definition) is 0. The topological polar surface area (TPSA) is 74.3 Å². The van der Waals surface area contributed by atoms with Crippen molar-refractivity contribution in [2.45, 2.75) is 5.41 Å². The highest BCUT2D eigenvalue weighted by molar-refractivity contribution is 5.96. The lowest BCUT2D eigenvalue weighted by atomic mass is 9.70. The van der Waals surface area contributed by atoms with Gasteiger partial charge in [0, 0.05) is 39.2 Å². The first-order valence-electron chi connectivity index (χ1n) is 24.7. The molecule has 340 valence electrons. The summed E-state index contributed by atoms with van der Waals surface area (Å²) in [7, 11) is 0. The van der Waals surface area contributed by atoms with Crippen LogP contribution in [0.25, 0.3) is 113 Å². The number of benzene rings is 10. The van der Waals surface area contributed by atoms with Crippen LogP contribution in [0.4, 0.5) is 0 Å². The summed E-state index contributed by atoms with van der Waals surface area (Å²) < 4.78 is 4.45. The minimum Gasteiger partial charge on any atom is -0.292 e. The fraction of sp³-hybridized carbons (Fsp3) is 0.0152. The van der Waals surface area contributed by atoms with Gasteiger partial charge in [-0.15, -0.1) is 0 Å². The van der Waals surface area contributed by atoms with Gasteiger partial charge in [0.05, 0.1) is 27.5 Å². The van der Waals surface area contributed by atoms with Gasteiger partial charge in [-0.3, -0.25) is 9.13 Å². The Morgan fingerprint density at radius 1 is 0.260 bits per heavy atom. The zero-order valence-electron chi connectivity index (χ0n) is 39.3. The van der Waals surface area contributed by atoms with E-state index < -0.39 is 5.41 Å². The first kappa shape index (κ1) is 41.0. The number of hydrogen-bond acceptors (Lipinski definition) is 5. The lowest BCUT2D eigenvalue weighted by Crippen LogP contribution is -2.25. The maximum Gasteiger partial charge on any atom is 0.164 e. The minimum atomic E-state index is -0.523. The van der Waals surface area contributed by atoms with Crippen molar-refractivity contribution in [1.82, 2.24) is 34.1 Å². The van der Waals surface area contributed by atoms with Gasteiger partial charge in [-0.2, -0.15) is 0 Å². The summed E-state index contributed by atoms with van der Waals surface area (Å²) in [6, 6.07) is 87.8. The molecule has 3 heterocycles.